The Labute approximate surface area is 364 Å². The van der Waals surface area contributed by atoms with Gasteiger partial charge in [-0.15, -0.1) is 0 Å². The van der Waals surface area contributed by atoms with Gasteiger partial charge in [-0.25, -0.2) is 4.57 Å². The van der Waals surface area contributed by atoms with Gasteiger partial charge in [0.25, 0.3) is 0 Å². The minimum absolute atomic E-state index is 0.0513. The number of aliphatic hydroxyl groups is 1. The van der Waals surface area contributed by atoms with Crippen molar-refractivity contribution in [2.45, 2.75) is 199 Å². The van der Waals surface area contributed by atoms with Crippen LogP contribution in [0, 0.1) is 0 Å². The lowest BCUT2D eigenvalue weighted by atomic mass is 10.0. The van der Waals surface area contributed by atoms with Crippen LogP contribution in [0.3, 0.4) is 0 Å². The lowest BCUT2D eigenvalue weighted by molar-refractivity contribution is -0.870. The molecule has 0 aromatic heterocycles. The maximum atomic E-state index is 12.9. The number of hydrogen-bond acceptors (Lipinski definition) is 5. The fourth-order valence-corrected chi connectivity index (χ4v) is 7.16. The van der Waals surface area contributed by atoms with Crippen LogP contribution in [0.15, 0.2) is 72.9 Å². The van der Waals surface area contributed by atoms with Gasteiger partial charge in [0.15, 0.2) is 0 Å². The minimum atomic E-state index is -4.35. The van der Waals surface area contributed by atoms with E-state index in [-0.39, 0.29) is 19.1 Å². The number of unbranched alkanes of at least 4 members (excludes halogenated alkanes) is 19. The molecule has 0 rings (SSSR count). The van der Waals surface area contributed by atoms with Gasteiger partial charge in [-0.3, -0.25) is 13.8 Å². The fourth-order valence-electron chi connectivity index (χ4n) is 6.42. The summed E-state index contributed by atoms with van der Waals surface area (Å²) in [6.07, 6.45) is 55.4. The lowest BCUT2D eigenvalue weighted by Gasteiger charge is -2.25. The first-order chi connectivity index (χ1) is 28.5. The number of phosphoric acid groups is 1. The van der Waals surface area contributed by atoms with Crippen LogP contribution >= 0.6 is 7.82 Å². The highest BCUT2D eigenvalue weighted by Gasteiger charge is 2.27. The van der Waals surface area contributed by atoms with E-state index in [4.69, 9.17) is 9.05 Å². The molecular formula is C50H92N2O6P+. The molecule has 3 N–H and O–H groups in total. The van der Waals surface area contributed by atoms with Gasteiger partial charge in [0, 0.05) is 6.42 Å². The SMILES string of the molecule is CC/C=C\C/C=C\C/C=C\C/C=C\C/C=C\CCCCCC(=O)NC(COP(=O)(O)OCC[N+](C)(C)C)C(O)/C=C/CCCCCCCCCCCCCCCCCC. The molecule has 0 saturated carbocycles. The summed E-state index contributed by atoms with van der Waals surface area (Å²) in [5.74, 6) is -0.211. The topological polar surface area (TPSA) is 105 Å². The number of likely N-dealkylation sites (N-methyl/N-ethyl adjacent to an activating group) is 1. The number of nitrogens with zero attached hydrogens (tertiary/aromatic N) is 1. The number of quaternary nitrogens is 1. The van der Waals surface area contributed by atoms with Crippen LogP contribution in [0.2, 0.25) is 0 Å². The maximum Gasteiger partial charge on any atom is 0.472 e. The molecule has 3 atom stereocenters. The highest BCUT2D eigenvalue weighted by Crippen LogP contribution is 2.43. The Morgan fingerprint density at radius 1 is 0.593 bits per heavy atom. The monoisotopic (exact) mass is 848 g/mol. The van der Waals surface area contributed by atoms with E-state index in [1.54, 1.807) is 6.08 Å². The van der Waals surface area contributed by atoms with Crippen molar-refractivity contribution >= 4 is 13.7 Å². The first-order valence-electron chi connectivity index (χ1n) is 23.8. The van der Waals surface area contributed by atoms with Crippen molar-refractivity contribution in [2.24, 2.45) is 0 Å². The molecule has 0 bridgehead atoms. The van der Waals surface area contributed by atoms with Gasteiger partial charge in [0.2, 0.25) is 5.91 Å². The van der Waals surface area contributed by atoms with E-state index in [1.165, 1.54) is 89.9 Å². The smallest absolute Gasteiger partial charge is 0.387 e. The van der Waals surface area contributed by atoms with Gasteiger partial charge in [-0.05, 0) is 64.2 Å². The third-order valence-electron chi connectivity index (χ3n) is 10.2. The molecule has 0 fully saturated rings. The summed E-state index contributed by atoms with van der Waals surface area (Å²) < 4.78 is 23.6. The first-order valence-corrected chi connectivity index (χ1v) is 25.3. The van der Waals surface area contributed by atoms with Gasteiger partial charge in [0.1, 0.15) is 13.2 Å². The number of nitrogens with one attached hydrogen (secondary N) is 1. The number of phosphoric ester groups is 1. The predicted molar refractivity (Wildman–Crippen MR) is 253 cm³/mol. The van der Waals surface area contributed by atoms with Crippen molar-refractivity contribution in [1.29, 1.82) is 0 Å². The Morgan fingerprint density at radius 2 is 1.02 bits per heavy atom. The minimum Gasteiger partial charge on any atom is -0.387 e. The Bertz CT molecular complexity index is 1190. The normalized spacial score (nSPS) is 14.9. The van der Waals surface area contributed by atoms with Gasteiger partial charge in [0.05, 0.1) is 39.9 Å². The van der Waals surface area contributed by atoms with Crippen LogP contribution in [0.4, 0.5) is 0 Å². The first kappa shape index (κ1) is 56.9. The summed E-state index contributed by atoms with van der Waals surface area (Å²) in [6.45, 7) is 4.67. The number of amides is 1. The van der Waals surface area contributed by atoms with Crippen molar-refractivity contribution in [1.82, 2.24) is 5.32 Å². The van der Waals surface area contributed by atoms with Crippen molar-refractivity contribution in [2.75, 3.05) is 40.9 Å². The molecule has 9 heteroatoms. The number of aliphatic hydroxyl groups excluding tert-OH is 1. The predicted octanol–water partition coefficient (Wildman–Crippen LogP) is 13.6. The molecule has 0 saturated heterocycles. The number of carbonyl (C=O) groups is 1. The second-order valence-electron chi connectivity index (χ2n) is 17.1. The van der Waals surface area contributed by atoms with E-state index in [0.717, 1.165) is 77.0 Å². The zero-order valence-corrected chi connectivity index (χ0v) is 39.6. The molecular weight excluding hydrogens is 756 g/mol. The average molecular weight is 848 g/mol. The number of allylic oxidation sites excluding steroid dienone is 11. The molecule has 1 amide bonds. The molecule has 8 nitrogen and oxygen atoms in total. The molecule has 3 unspecified atom stereocenters. The van der Waals surface area contributed by atoms with Crippen molar-refractivity contribution in [3.8, 4) is 0 Å². The van der Waals surface area contributed by atoms with Crippen molar-refractivity contribution < 1.29 is 32.9 Å². The van der Waals surface area contributed by atoms with Crippen LogP contribution < -0.4 is 5.32 Å². The zero-order chi connectivity index (χ0) is 43.6. The average Bonchev–Trinajstić information content (AvgIpc) is 3.19. The summed E-state index contributed by atoms with van der Waals surface area (Å²) in [5.41, 5.74) is 0. The van der Waals surface area contributed by atoms with Crippen LogP contribution in [-0.4, -0.2) is 73.4 Å². The van der Waals surface area contributed by atoms with Crippen LogP contribution in [0.5, 0.6) is 0 Å². The standard InChI is InChI=1S/C50H91N2O6P/c1-6-8-10-12-14-16-18-20-22-24-26-28-30-32-34-36-38-40-42-44-50(54)51-48(47-58-59(55,56)57-46-45-52(3,4)5)49(53)43-41-39-37-35-33-31-29-27-25-23-21-19-17-15-13-11-9-7-2/h8,10,14,16,20,22,26,28,32,34,41,43,48-49,53H,6-7,9,11-13,15,17-19,21,23-25,27,29-31,33,35-40,42,44-47H2,1-5H3,(H-,51,54,55,56)/p+1/b10-8-,16-14-,22-20-,28-26-,34-32-,43-41+. The highest BCUT2D eigenvalue weighted by molar-refractivity contribution is 7.47. The van der Waals surface area contributed by atoms with Crippen LogP contribution in [0.1, 0.15) is 187 Å². The summed E-state index contributed by atoms with van der Waals surface area (Å²) >= 11 is 0. The van der Waals surface area contributed by atoms with Crippen LogP contribution in [-0.2, 0) is 18.4 Å². The molecule has 59 heavy (non-hydrogen) atoms. The Balaban J connectivity index is 4.47. The zero-order valence-electron chi connectivity index (χ0n) is 38.7. The van der Waals surface area contributed by atoms with Crippen molar-refractivity contribution in [3.63, 3.8) is 0 Å². The van der Waals surface area contributed by atoms with Gasteiger partial charge in [-0.2, -0.15) is 0 Å². The van der Waals surface area contributed by atoms with Crippen LogP contribution in [0.25, 0.3) is 0 Å². The quantitative estimate of drug-likeness (QED) is 0.0245. The summed E-state index contributed by atoms with van der Waals surface area (Å²) in [5, 5.41) is 13.8. The highest BCUT2D eigenvalue weighted by atomic mass is 31.2. The summed E-state index contributed by atoms with van der Waals surface area (Å²) in [7, 11) is 1.54. The maximum absolute atomic E-state index is 12.9. The van der Waals surface area contributed by atoms with E-state index in [1.807, 2.05) is 27.2 Å². The number of carbonyl (C=O) groups excluding carboxylic acids is 1. The number of rotatable bonds is 42. The van der Waals surface area contributed by atoms with E-state index in [0.29, 0.717) is 17.4 Å². The second kappa shape index (κ2) is 41.3. The molecule has 0 radical (unpaired) electrons. The molecule has 342 valence electrons. The lowest BCUT2D eigenvalue weighted by Crippen LogP contribution is -2.45. The van der Waals surface area contributed by atoms with E-state index >= 15 is 0 Å². The summed E-state index contributed by atoms with van der Waals surface area (Å²) in [4.78, 5) is 23.2. The molecule has 0 aliphatic heterocycles. The Hall–Kier alpha value is -2.06. The molecule has 0 heterocycles. The van der Waals surface area contributed by atoms with Crippen molar-refractivity contribution in [3.05, 3.63) is 72.9 Å². The summed E-state index contributed by atoms with van der Waals surface area (Å²) in [6, 6.07) is -0.867. The Kier molecular flexibility index (Phi) is 39.9. The third kappa shape index (κ3) is 43.8. The molecule has 0 aliphatic carbocycles. The van der Waals surface area contributed by atoms with E-state index in [2.05, 4.69) is 79.9 Å². The van der Waals surface area contributed by atoms with E-state index < -0.39 is 20.0 Å². The molecule has 0 spiro atoms. The molecule has 0 aromatic carbocycles. The van der Waals surface area contributed by atoms with E-state index in [9.17, 15) is 19.4 Å². The molecule has 0 aliphatic rings. The molecule has 0 aromatic rings. The van der Waals surface area contributed by atoms with Gasteiger partial charge < -0.3 is 19.8 Å². The second-order valence-corrected chi connectivity index (χ2v) is 18.6. The fraction of sp³-hybridized carbons (Fsp3) is 0.740. The third-order valence-corrected chi connectivity index (χ3v) is 11.2. The Morgan fingerprint density at radius 3 is 1.49 bits per heavy atom. The largest absolute Gasteiger partial charge is 0.472 e. The number of hydrogen-bond donors (Lipinski definition) is 3. The van der Waals surface area contributed by atoms with Gasteiger partial charge in [-0.1, -0.05) is 189 Å². The van der Waals surface area contributed by atoms with Gasteiger partial charge >= 0.3 is 7.82 Å².